The first-order valence-electron chi connectivity index (χ1n) is 3.59. The SMILES string of the molecule is O=C[C@](O)(CO)[C@H]1OC(=O)C(O)=C1O. The maximum absolute atomic E-state index is 10.7. The van der Waals surface area contributed by atoms with Gasteiger partial charge in [0.1, 0.15) is 0 Å². The number of carbonyl (C=O) groups excluding carboxylic acids is 2. The molecular formula is C7H8O7. The smallest absolute Gasteiger partial charge is 0.378 e. The van der Waals surface area contributed by atoms with E-state index in [0.29, 0.717) is 0 Å². The minimum absolute atomic E-state index is 0.0836. The van der Waals surface area contributed by atoms with E-state index < -0.39 is 35.8 Å². The second-order valence-corrected chi connectivity index (χ2v) is 2.79. The molecule has 0 radical (unpaired) electrons. The fourth-order valence-corrected chi connectivity index (χ4v) is 0.968. The highest BCUT2D eigenvalue weighted by molar-refractivity contribution is 5.90. The van der Waals surface area contributed by atoms with Gasteiger partial charge in [-0.25, -0.2) is 4.79 Å². The van der Waals surface area contributed by atoms with E-state index in [4.69, 9.17) is 15.3 Å². The highest BCUT2D eigenvalue weighted by Gasteiger charge is 2.48. The summed E-state index contributed by atoms with van der Waals surface area (Å²) in [6, 6.07) is 0. The summed E-state index contributed by atoms with van der Waals surface area (Å²) in [4.78, 5) is 21.1. The van der Waals surface area contributed by atoms with Crippen LogP contribution in [0.25, 0.3) is 0 Å². The van der Waals surface area contributed by atoms with Crippen LogP contribution in [-0.2, 0) is 14.3 Å². The summed E-state index contributed by atoms with van der Waals surface area (Å²) in [7, 11) is 0. The van der Waals surface area contributed by atoms with E-state index in [1.807, 2.05) is 0 Å². The molecule has 0 saturated carbocycles. The van der Waals surface area contributed by atoms with Gasteiger partial charge in [-0.15, -0.1) is 0 Å². The number of hydrogen-bond acceptors (Lipinski definition) is 7. The van der Waals surface area contributed by atoms with Gasteiger partial charge in [-0.2, -0.15) is 0 Å². The predicted molar refractivity (Wildman–Crippen MR) is 40.3 cm³/mol. The van der Waals surface area contributed by atoms with Crippen molar-refractivity contribution in [1.82, 2.24) is 0 Å². The Morgan fingerprint density at radius 1 is 1.50 bits per heavy atom. The summed E-state index contributed by atoms with van der Waals surface area (Å²) in [5.74, 6) is -3.32. The molecule has 0 bridgehead atoms. The van der Waals surface area contributed by atoms with Crippen LogP contribution in [0.1, 0.15) is 0 Å². The lowest BCUT2D eigenvalue weighted by Crippen LogP contribution is -2.48. The highest BCUT2D eigenvalue weighted by atomic mass is 16.6. The molecule has 7 heteroatoms. The number of carbonyl (C=O) groups is 2. The third-order valence-corrected chi connectivity index (χ3v) is 1.82. The van der Waals surface area contributed by atoms with E-state index in [1.54, 1.807) is 0 Å². The molecule has 0 spiro atoms. The fourth-order valence-electron chi connectivity index (χ4n) is 0.968. The third-order valence-electron chi connectivity index (χ3n) is 1.82. The van der Waals surface area contributed by atoms with E-state index in [9.17, 15) is 14.7 Å². The molecule has 0 amide bonds. The van der Waals surface area contributed by atoms with Crippen molar-refractivity contribution in [3.05, 3.63) is 11.5 Å². The fraction of sp³-hybridized carbons (Fsp3) is 0.429. The van der Waals surface area contributed by atoms with Crippen molar-refractivity contribution in [2.24, 2.45) is 0 Å². The van der Waals surface area contributed by atoms with Gasteiger partial charge < -0.3 is 25.2 Å². The van der Waals surface area contributed by atoms with E-state index in [0.717, 1.165) is 0 Å². The van der Waals surface area contributed by atoms with Crippen LogP contribution in [0.4, 0.5) is 0 Å². The topological polar surface area (TPSA) is 124 Å². The van der Waals surface area contributed by atoms with Crippen LogP contribution in [-0.4, -0.2) is 51.0 Å². The normalized spacial score (nSPS) is 25.9. The molecule has 78 valence electrons. The molecule has 4 N–H and O–H groups in total. The Labute approximate surface area is 77.8 Å². The molecule has 2 atom stereocenters. The standard InChI is InChI=1S/C7H8O7/c8-1-7(13,2-9)5-3(10)4(11)6(12)14-5/h1,5,9-11,13H,2H2/t5-,7-/m0/s1. The van der Waals surface area contributed by atoms with Gasteiger partial charge in [0.2, 0.25) is 11.9 Å². The van der Waals surface area contributed by atoms with Gasteiger partial charge in [0.25, 0.3) is 0 Å². The minimum atomic E-state index is -2.44. The monoisotopic (exact) mass is 204 g/mol. The van der Waals surface area contributed by atoms with Crippen LogP contribution in [0.3, 0.4) is 0 Å². The predicted octanol–water partition coefficient (Wildman–Crippen LogP) is -1.84. The van der Waals surface area contributed by atoms with Crippen LogP contribution in [0, 0.1) is 0 Å². The van der Waals surface area contributed by atoms with Crippen molar-refractivity contribution in [3.8, 4) is 0 Å². The van der Waals surface area contributed by atoms with Gasteiger partial charge in [0, 0.05) is 0 Å². The number of cyclic esters (lactones) is 1. The molecule has 0 aromatic heterocycles. The van der Waals surface area contributed by atoms with Crippen LogP contribution < -0.4 is 0 Å². The molecule has 0 aromatic carbocycles. The molecule has 0 unspecified atom stereocenters. The summed E-state index contributed by atoms with van der Waals surface area (Å²) >= 11 is 0. The Bertz CT molecular complexity index is 307. The zero-order valence-electron chi connectivity index (χ0n) is 6.88. The molecular weight excluding hydrogens is 196 g/mol. The van der Waals surface area contributed by atoms with Crippen LogP contribution >= 0.6 is 0 Å². The molecule has 1 aliphatic rings. The van der Waals surface area contributed by atoms with Gasteiger partial charge >= 0.3 is 5.97 Å². The van der Waals surface area contributed by atoms with E-state index in [-0.39, 0.29) is 6.29 Å². The number of aliphatic hydroxyl groups excluding tert-OH is 3. The Balaban J connectivity index is 3.03. The van der Waals surface area contributed by atoms with E-state index >= 15 is 0 Å². The first-order chi connectivity index (χ1) is 6.46. The molecule has 0 aliphatic carbocycles. The summed E-state index contributed by atoms with van der Waals surface area (Å²) < 4.78 is 4.28. The summed E-state index contributed by atoms with van der Waals surface area (Å²) in [6.45, 7) is -1.05. The minimum Gasteiger partial charge on any atom is -0.505 e. The Morgan fingerprint density at radius 2 is 2.07 bits per heavy atom. The highest BCUT2D eigenvalue weighted by Crippen LogP contribution is 2.26. The maximum atomic E-state index is 10.7. The molecule has 1 heterocycles. The molecule has 1 rings (SSSR count). The zero-order valence-corrected chi connectivity index (χ0v) is 6.88. The number of rotatable bonds is 3. The summed E-state index contributed by atoms with van der Waals surface area (Å²) in [5.41, 5.74) is -2.44. The quantitative estimate of drug-likeness (QED) is 0.314. The van der Waals surface area contributed by atoms with Crippen LogP contribution in [0.2, 0.25) is 0 Å². The molecule has 7 nitrogen and oxygen atoms in total. The number of aldehydes is 1. The van der Waals surface area contributed by atoms with Gasteiger partial charge in [-0.1, -0.05) is 0 Å². The summed E-state index contributed by atoms with van der Waals surface area (Å²) in [6.07, 6.45) is -1.85. The largest absolute Gasteiger partial charge is 0.505 e. The number of esters is 1. The van der Waals surface area contributed by atoms with Gasteiger partial charge in [0.15, 0.2) is 17.6 Å². The zero-order chi connectivity index (χ0) is 10.9. The lowest BCUT2D eigenvalue weighted by Gasteiger charge is -2.24. The molecule has 0 fully saturated rings. The first-order valence-corrected chi connectivity index (χ1v) is 3.59. The van der Waals surface area contributed by atoms with Crippen LogP contribution in [0.5, 0.6) is 0 Å². The lowest BCUT2D eigenvalue weighted by molar-refractivity contribution is -0.162. The van der Waals surface area contributed by atoms with E-state index in [2.05, 4.69) is 4.74 Å². The van der Waals surface area contributed by atoms with Crippen LogP contribution in [0.15, 0.2) is 11.5 Å². The van der Waals surface area contributed by atoms with Gasteiger partial charge in [-0.05, 0) is 0 Å². The Hall–Kier alpha value is -1.60. The number of ether oxygens (including phenoxy) is 1. The molecule has 1 aliphatic heterocycles. The second kappa shape index (κ2) is 3.28. The van der Waals surface area contributed by atoms with Crippen molar-refractivity contribution in [2.75, 3.05) is 6.61 Å². The van der Waals surface area contributed by atoms with Crippen molar-refractivity contribution in [2.45, 2.75) is 11.7 Å². The molecule has 0 aromatic rings. The second-order valence-electron chi connectivity index (χ2n) is 2.79. The first kappa shape index (κ1) is 10.5. The van der Waals surface area contributed by atoms with Crippen molar-refractivity contribution in [1.29, 1.82) is 0 Å². The third kappa shape index (κ3) is 1.32. The molecule has 0 saturated heterocycles. The number of aliphatic hydroxyl groups is 4. The van der Waals surface area contributed by atoms with Gasteiger partial charge in [-0.3, -0.25) is 4.79 Å². The van der Waals surface area contributed by atoms with Crippen molar-refractivity contribution in [3.63, 3.8) is 0 Å². The van der Waals surface area contributed by atoms with Gasteiger partial charge in [0.05, 0.1) is 6.61 Å². The number of hydrogen-bond donors (Lipinski definition) is 4. The summed E-state index contributed by atoms with van der Waals surface area (Å²) in [5, 5.41) is 35.9. The average molecular weight is 204 g/mol. The van der Waals surface area contributed by atoms with Crippen molar-refractivity contribution < 1.29 is 34.8 Å². The van der Waals surface area contributed by atoms with Crippen molar-refractivity contribution >= 4 is 12.3 Å². The molecule has 14 heavy (non-hydrogen) atoms. The average Bonchev–Trinajstić information content (AvgIpc) is 2.45. The Kier molecular flexibility index (Phi) is 2.45. The lowest BCUT2D eigenvalue weighted by atomic mass is 9.98. The Morgan fingerprint density at radius 3 is 2.36 bits per heavy atom. The maximum Gasteiger partial charge on any atom is 0.378 e. The van der Waals surface area contributed by atoms with E-state index in [1.165, 1.54) is 0 Å².